The SMILES string of the molecule is CC1C(=O)c2ccc3c4c(ccc(c24)C1=O)C(=O)N(C)C3=O. The van der Waals surface area contributed by atoms with Crippen LogP contribution in [0.5, 0.6) is 0 Å². The van der Waals surface area contributed by atoms with Crippen molar-refractivity contribution in [3.63, 3.8) is 0 Å². The topological polar surface area (TPSA) is 71.5 Å². The van der Waals surface area contributed by atoms with Crippen molar-refractivity contribution < 1.29 is 19.2 Å². The highest BCUT2D eigenvalue weighted by molar-refractivity contribution is 6.34. The van der Waals surface area contributed by atoms with Crippen LogP contribution < -0.4 is 0 Å². The van der Waals surface area contributed by atoms with Crippen LogP contribution >= 0.6 is 0 Å². The van der Waals surface area contributed by atoms with E-state index in [1.54, 1.807) is 31.2 Å². The van der Waals surface area contributed by atoms with Crippen molar-refractivity contribution >= 4 is 34.2 Å². The Balaban J connectivity index is 2.24. The first kappa shape index (κ1) is 12.9. The molecule has 0 N–H and O–H groups in total. The quantitative estimate of drug-likeness (QED) is 0.550. The molecule has 1 heterocycles. The number of ketones is 2. The van der Waals surface area contributed by atoms with Gasteiger partial charge in [0.1, 0.15) is 0 Å². The molecule has 0 aromatic heterocycles. The molecular formula is C17H11NO4. The van der Waals surface area contributed by atoms with Crippen molar-refractivity contribution in [2.24, 2.45) is 5.92 Å². The third kappa shape index (κ3) is 1.28. The lowest BCUT2D eigenvalue weighted by molar-refractivity contribution is 0.0648. The lowest BCUT2D eigenvalue weighted by atomic mass is 9.78. The standard InChI is InChI=1S/C17H11NO4/c1-7-14(19)8-3-5-10-13-11(17(22)18(2)16(10)21)6-4-9(12(8)13)15(7)20/h3-7H,1-2H3. The number of hydrogen-bond donors (Lipinski definition) is 0. The number of carbonyl (C=O) groups excluding carboxylic acids is 4. The molecule has 2 aromatic rings. The Morgan fingerprint density at radius 1 is 0.727 bits per heavy atom. The van der Waals surface area contributed by atoms with E-state index in [0.29, 0.717) is 33.0 Å². The zero-order valence-corrected chi connectivity index (χ0v) is 12.0. The Hall–Kier alpha value is -2.82. The summed E-state index contributed by atoms with van der Waals surface area (Å²) in [6.07, 6.45) is 0. The van der Waals surface area contributed by atoms with Crippen molar-refractivity contribution in [1.29, 1.82) is 0 Å². The van der Waals surface area contributed by atoms with E-state index in [2.05, 4.69) is 0 Å². The summed E-state index contributed by atoms with van der Waals surface area (Å²) >= 11 is 0. The second kappa shape index (κ2) is 3.88. The lowest BCUT2D eigenvalue weighted by Crippen LogP contribution is -2.38. The van der Waals surface area contributed by atoms with Crippen molar-refractivity contribution in [1.82, 2.24) is 4.90 Å². The minimum Gasteiger partial charge on any atom is -0.293 e. The molecule has 0 atom stereocenters. The van der Waals surface area contributed by atoms with Crippen LogP contribution in [0.1, 0.15) is 48.4 Å². The fraction of sp³-hybridized carbons (Fsp3) is 0.176. The van der Waals surface area contributed by atoms with Crippen molar-refractivity contribution in [3.05, 3.63) is 46.5 Å². The van der Waals surface area contributed by atoms with Gasteiger partial charge < -0.3 is 0 Å². The van der Waals surface area contributed by atoms with Crippen molar-refractivity contribution in [2.45, 2.75) is 6.92 Å². The monoisotopic (exact) mass is 293 g/mol. The first-order valence-corrected chi connectivity index (χ1v) is 6.94. The van der Waals surface area contributed by atoms with Gasteiger partial charge in [-0.3, -0.25) is 24.1 Å². The second-order valence-electron chi connectivity index (χ2n) is 5.69. The number of hydrogen-bond acceptors (Lipinski definition) is 4. The molecule has 2 aliphatic rings. The van der Waals surface area contributed by atoms with Gasteiger partial charge >= 0.3 is 0 Å². The highest BCUT2D eigenvalue weighted by Gasteiger charge is 2.38. The summed E-state index contributed by atoms with van der Waals surface area (Å²) in [5, 5.41) is 0.870. The third-order valence-electron chi connectivity index (χ3n) is 4.55. The molecule has 0 unspecified atom stereocenters. The normalized spacial score (nSPS) is 17.6. The van der Waals surface area contributed by atoms with Gasteiger partial charge in [-0.15, -0.1) is 0 Å². The summed E-state index contributed by atoms with van der Waals surface area (Å²) < 4.78 is 0. The Morgan fingerprint density at radius 2 is 1.09 bits per heavy atom. The number of imide groups is 1. The molecule has 108 valence electrons. The van der Waals surface area contributed by atoms with Gasteiger partial charge in [-0.1, -0.05) is 0 Å². The van der Waals surface area contributed by atoms with E-state index >= 15 is 0 Å². The van der Waals surface area contributed by atoms with Crippen LogP contribution in [0.15, 0.2) is 24.3 Å². The van der Waals surface area contributed by atoms with Gasteiger partial charge in [-0.2, -0.15) is 0 Å². The van der Waals surface area contributed by atoms with Gasteiger partial charge in [0, 0.05) is 40.1 Å². The van der Waals surface area contributed by atoms with Crippen LogP contribution in [0.4, 0.5) is 0 Å². The molecular weight excluding hydrogens is 282 g/mol. The van der Waals surface area contributed by atoms with E-state index in [9.17, 15) is 19.2 Å². The largest absolute Gasteiger partial charge is 0.293 e. The van der Waals surface area contributed by atoms with Gasteiger partial charge in [-0.05, 0) is 31.2 Å². The Labute approximate surface area is 125 Å². The number of Topliss-reactive ketones (excluding diaryl/α,β-unsaturated/α-hetero) is 2. The molecule has 1 aliphatic heterocycles. The first-order chi connectivity index (χ1) is 10.4. The minimum atomic E-state index is -0.732. The predicted octanol–water partition coefficient (Wildman–Crippen LogP) is 2.08. The number of carbonyl (C=O) groups is 4. The van der Waals surface area contributed by atoms with Gasteiger partial charge in [0.2, 0.25) is 0 Å². The number of amides is 2. The Bertz CT molecular complexity index is 794. The van der Waals surface area contributed by atoms with Crippen LogP contribution in [-0.4, -0.2) is 35.3 Å². The van der Waals surface area contributed by atoms with E-state index in [1.165, 1.54) is 7.05 Å². The summed E-state index contributed by atoms with van der Waals surface area (Å²) in [5.74, 6) is -2.09. The molecule has 0 saturated carbocycles. The highest BCUT2D eigenvalue weighted by Crippen LogP contribution is 2.38. The van der Waals surface area contributed by atoms with Gasteiger partial charge in [0.05, 0.1) is 5.92 Å². The highest BCUT2D eigenvalue weighted by atomic mass is 16.2. The molecule has 1 aliphatic carbocycles. The van der Waals surface area contributed by atoms with Crippen LogP contribution in [0.2, 0.25) is 0 Å². The van der Waals surface area contributed by atoms with Crippen LogP contribution in [0, 0.1) is 5.92 Å². The fourth-order valence-electron chi connectivity index (χ4n) is 3.30. The average molecular weight is 293 g/mol. The molecule has 0 spiro atoms. The molecule has 5 heteroatoms. The number of rotatable bonds is 0. The Kier molecular flexibility index (Phi) is 2.27. The maximum atomic E-state index is 12.4. The zero-order valence-electron chi connectivity index (χ0n) is 12.0. The molecule has 2 aromatic carbocycles. The summed E-state index contributed by atoms with van der Waals surface area (Å²) in [7, 11) is 1.42. The van der Waals surface area contributed by atoms with Gasteiger partial charge in [-0.25, -0.2) is 0 Å². The predicted molar refractivity (Wildman–Crippen MR) is 78.2 cm³/mol. The van der Waals surface area contributed by atoms with Crippen LogP contribution in [-0.2, 0) is 0 Å². The smallest absolute Gasteiger partial charge is 0.261 e. The molecule has 0 saturated heterocycles. The average Bonchev–Trinajstić information content (AvgIpc) is 2.53. The van der Waals surface area contributed by atoms with Crippen molar-refractivity contribution in [3.8, 4) is 0 Å². The molecule has 22 heavy (non-hydrogen) atoms. The van der Waals surface area contributed by atoms with Crippen LogP contribution in [0.25, 0.3) is 10.8 Å². The van der Waals surface area contributed by atoms with E-state index < -0.39 is 17.7 Å². The van der Waals surface area contributed by atoms with Crippen molar-refractivity contribution in [2.75, 3.05) is 7.05 Å². The minimum absolute atomic E-state index is 0.264. The van der Waals surface area contributed by atoms with Gasteiger partial charge in [0.25, 0.3) is 11.8 Å². The van der Waals surface area contributed by atoms with E-state index in [4.69, 9.17) is 0 Å². The van der Waals surface area contributed by atoms with E-state index in [1.807, 2.05) is 0 Å². The summed E-state index contributed by atoms with van der Waals surface area (Å²) in [4.78, 5) is 50.4. The fourth-order valence-corrected chi connectivity index (χ4v) is 3.30. The van der Waals surface area contributed by atoms with Crippen LogP contribution in [0.3, 0.4) is 0 Å². The third-order valence-corrected chi connectivity index (χ3v) is 4.55. The summed E-state index contributed by atoms with van der Waals surface area (Å²) in [6, 6.07) is 6.29. The lowest BCUT2D eigenvalue weighted by Gasteiger charge is -2.28. The molecule has 0 radical (unpaired) electrons. The summed E-state index contributed by atoms with van der Waals surface area (Å²) in [6.45, 7) is 1.58. The van der Waals surface area contributed by atoms with E-state index in [-0.39, 0.29) is 11.6 Å². The summed E-state index contributed by atoms with van der Waals surface area (Å²) in [5.41, 5.74) is 1.53. The molecule has 5 nitrogen and oxygen atoms in total. The molecule has 4 rings (SSSR count). The maximum absolute atomic E-state index is 12.4. The first-order valence-electron chi connectivity index (χ1n) is 6.94. The maximum Gasteiger partial charge on any atom is 0.261 e. The Morgan fingerprint density at radius 3 is 1.55 bits per heavy atom. The number of nitrogens with zero attached hydrogens (tertiary/aromatic N) is 1. The van der Waals surface area contributed by atoms with E-state index in [0.717, 1.165) is 4.90 Å². The second-order valence-corrected chi connectivity index (χ2v) is 5.69. The molecule has 0 bridgehead atoms. The molecule has 2 amide bonds. The molecule has 0 fully saturated rings. The number of benzene rings is 2. The zero-order chi connectivity index (χ0) is 15.8. The van der Waals surface area contributed by atoms with Gasteiger partial charge in [0.15, 0.2) is 11.6 Å².